The molecule has 4 nitrogen and oxygen atoms in total. The number of likely N-dealkylation sites (tertiary alicyclic amines) is 1. The molecule has 148 valence electrons. The van der Waals surface area contributed by atoms with Crippen LogP contribution < -0.4 is 0 Å². The molecular formula is C23H28N2O2S. The maximum Gasteiger partial charge on any atom is 0.208 e. The van der Waals surface area contributed by atoms with Gasteiger partial charge in [0, 0.05) is 35.7 Å². The van der Waals surface area contributed by atoms with Crippen LogP contribution in [0.4, 0.5) is 0 Å². The second-order valence-electron chi connectivity index (χ2n) is 7.93. The van der Waals surface area contributed by atoms with E-state index in [1.54, 1.807) is 30.5 Å². The monoisotopic (exact) mass is 396 g/mol. The fourth-order valence-corrected chi connectivity index (χ4v) is 6.03. The number of nitrogens with one attached hydrogen (secondary N) is 1. The van der Waals surface area contributed by atoms with Crippen LogP contribution in [-0.4, -0.2) is 36.9 Å². The largest absolute Gasteiger partial charge is 0.360 e. The van der Waals surface area contributed by atoms with Crippen molar-refractivity contribution in [2.75, 3.05) is 6.54 Å². The molecule has 1 aliphatic rings. The average molecular weight is 397 g/mol. The van der Waals surface area contributed by atoms with Gasteiger partial charge in [0.05, 0.1) is 9.79 Å². The zero-order valence-electron chi connectivity index (χ0n) is 16.6. The molecule has 2 aromatic carbocycles. The van der Waals surface area contributed by atoms with Gasteiger partial charge in [0.15, 0.2) is 0 Å². The highest BCUT2D eigenvalue weighted by Crippen LogP contribution is 2.31. The maximum atomic E-state index is 13.2. The Bertz CT molecular complexity index is 1050. The Labute approximate surface area is 167 Å². The van der Waals surface area contributed by atoms with Crippen LogP contribution in [0.2, 0.25) is 0 Å². The second kappa shape index (κ2) is 7.72. The van der Waals surface area contributed by atoms with Crippen LogP contribution >= 0.6 is 0 Å². The van der Waals surface area contributed by atoms with E-state index in [1.807, 2.05) is 18.2 Å². The van der Waals surface area contributed by atoms with Gasteiger partial charge in [0.1, 0.15) is 0 Å². The van der Waals surface area contributed by atoms with Gasteiger partial charge in [0.25, 0.3) is 0 Å². The molecule has 28 heavy (non-hydrogen) atoms. The first kappa shape index (κ1) is 19.2. The fourth-order valence-electron chi connectivity index (χ4n) is 4.54. The highest BCUT2D eigenvalue weighted by Gasteiger charge is 2.26. The molecular weight excluding hydrogens is 368 g/mol. The molecule has 3 aromatic rings. The van der Waals surface area contributed by atoms with Crippen LogP contribution in [-0.2, 0) is 16.3 Å². The van der Waals surface area contributed by atoms with Crippen molar-refractivity contribution < 1.29 is 8.42 Å². The standard InChI is InChI=1S/C23H28N2O2S/c1-17-8-6-9-18(2)25(17)15-14-19-10-7-13-21-23(19)22(16-24-21)28(26,27)20-11-4-3-5-12-20/h3-5,7,10-13,16-18,24H,6,8-9,14-15H2,1-2H3/t17-,18-/m0/s1. The van der Waals surface area contributed by atoms with Gasteiger partial charge in [-0.25, -0.2) is 8.42 Å². The lowest BCUT2D eigenvalue weighted by Gasteiger charge is -2.39. The number of fused-ring (bicyclic) bond motifs is 1. The first-order valence-electron chi connectivity index (χ1n) is 10.1. The van der Waals surface area contributed by atoms with E-state index in [9.17, 15) is 8.42 Å². The molecule has 1 saturated heterocycles. The number of nitrogens with zero attached hydrogens (tertiary/aromatic N) is 1. The summed E-state index contributed by atoms with van der Waals surface area (Å²) in [5.74, 6) is 0. The number of rotatable bonds is 5. The van der Waals surface area contributed by atoms with E-state index in [4.69, 9.17) is 0 Å². The molecule has 1 fully saturated rings. The van der Waals surface area contributed by atoms with Crippen LogP contribution in [0.15, 0.2) is 64.5 Å². The number of benzene rings is 2. The van der Waals surface area contributed by atoms with Crippen LogP contribution in [0, 0.1) is 0 Å². The highest BCUT2D eigenvalue weighted by atomic mass is 32.2. The molecule has 0 radical (unpaired) electrons. The van der Waals surface area contributed by atoms with Crippen molar-refractivity contribution in [1.82, 2.24) is 9.88 Å². The fraction of sp³-hybridized carbons (Fsp3) is 0.391. The molecule has 0 amide bonds. The first-order valence-corrected chi connectivity index (χ1v) is 11.6. The number of aromatic nitrogens is 1. The van der Waals surface area contributed by atoms with E-state index < -0.39 is 9.84 Å². The van der Waals surface area contributed by atoms with E-state index in [0.717, 1.165) is 29.4 Å². The van der Waals surface area contributed by atoms with Crippen molar-refractivity contribution in [2.45, 2.75) is 61.4 Å². The summed E-state index contributed by atoms with van der Waals surface area (Å²) in [6.07, 6.45) is 6.27. The molecule has 4 rings (SSSR count). The third-order valence-electron chi connectivity index (χ3n) is 6.11. The number of hydrogen-bond donors (Lipinski definition) is 1. The predicted molar refractivity (Wildman–Crippen MR) is 113 cm³/mol. The third kappa shape index (κ3) is 3.49. The minimum absolute atomic E-state index is 0.337. The van der Waals surface area contributed by atoms with Crippen molar-refractivity contribution in [3.05, 3.63) is 60.3 Å². The van der Waals surface area contributed by atoms with Crippen molar-refractivity contribution in [1.29, 1.82) is 0 Å². The van der Waals surface area contributed by atoms with Gasteiger partial charge in [0.2, 0.25) is 9.84 Å². The van der Waals surface area contributed by atoms with E-state index in [2.05, 4.69) is 29.8 Å². The Hall–Kier alpha value is -2.11. The van der Waals surface area contributed by atoms with Crippen LogP contribution in [0.5, 0.6) is 0 Å². The minimum Gasteiger partial charge on any atom is -0.360 e. The molecule has 5 heteroatoms. The lowest BCUT2D eigenvalue weighted by molar-refractivity contribution is 0.105. The number of aromatic amines is 1. The quantitative estimate of drug-likeness (QED) is 0.674. The lowest BCUT2D eigenvalue weighted by atomic mass is 9.96. The summed E-state index contributed by atoms with van der Waals surface area (Å²) >= 11 is 0. The lowest BCUT2D eigenvalue weighted by Crippen LogP contribution is -2.44. The van der Waals surface area contributed by atoms with E-state index >= 15 is 0 Å². The molecule has 0 bridgehead atoms. The molecule has 2 heterocycles. The van der Waals surface area contributed by atoms with Crippen molar-refractivity contribution in [2.24, 2.45) is 0 Å². The molecule has 1 aliphatic heterocycles. The molecule has 0 unspecified atom stereocenters. The summed E-state index contributed by atoms with van der Waals surface area (Å²) in [5, 5.41) is 0.837. The van der Waals surface area contributed by atoms with Crippen molar-refractivity contribution in [3.63, 3.8) is 0 Å². The van der Waals surface area contributed by atoms with Gasteiger partial charge < -0.3 is 4.98 Å². The number of sulfone groups is 1. The summed E-state index contributed by atoms with van der Waals surface area (Å²) in [6.45, 7) is 5.56. The predicted octanol–water partition coefficient (Wildman–Crippen LogP) is 4.81. The van der Waals surface area contributed by atoms with Gasteiger partial charge in [-0.15, -0.1) is 0 Å². The van der Waals surface area contributed by atoms with E-state index in [0.29, 0.717) is 21.9 Å². The van der Waals surface area contributed by atoms with Crippen molar-refractivity contribution >= 4 is 20.7 Å². The minimum atomic E-state index is -3.55. The SMILES string of the molecule is C[C@H]1CCC[C@H](C)N1CCc1cccc2[nH]cc(S(=O)(=O)c3ccccc3)c12. The number of hydrogen-bond acceptors (Lipinski definition) is 3. The molecule has 0 spiro atoms. The molecule has 1 aromatic heterocycles. The smallest absolute Gasteiger partial charge is 0.208 e. The van der Waals surface area contributed by atoms with Gasteiger partial charge in [-0.05, 0) is 56.9 Å². The average Bonchev–Trinajstić information content (AvgIpc) is 3.14. The Kier molecular flexibility index (Phi) is 5.30. The van der Waals surface area contributed by atoms with Gasteiger partial charge in [-0.3, -0.25) is 4.90 Å². The zero-order chi connectivity index (χ0) is 19.7. The Morgan fingerprint density at radius 1 is 1.00 bits per heavy atom. The van der Waals surface area contributed by atoms with Gasteiger partial charge in [-0.2, -0.15) is 0 Å². The van der Waals surface area contributed by atoms with E-state index in [-0.39, 0.29) is 0 Å². The van der Waals surface area contributed by atoms with Crippen LogP contribution in [0.1, 0.15) is 38.7 Å². The molecule has 2 atom stereocenters. The summed E-state index contributed by atoms with van der Waals surface area (Å²) in [4.78, 5) is 6.45. The Morgan fingerprint density at radius 3 is 2.43 bits per heavy atom. The summed E-state index contributed by atoms with van der Waals surface area (Å²) in [7, 11) is -3.55. The van der Waals surface area contributed by atoms with Crippen LogP contribution in [0.3, 0.4) is 0 Å². The first-order chi connectivity index (χ1) is 13.5. The highest BCUT2D eigenvalue weighted by molar-refractivity contribution is 7.91. The van der Waals surface area contributed by atoms with Crippen molar-refractivity contribution in [3.8, 4) is 0 Å². The second-order valence-corrected chi connectivity index (χ2v) is 9.84. The Morgan fingerprint density at radius 2 is 1.71 bits per heavy atom. The normalized spacial score (nSPS) is 21.2. The topological polar surface area (TPSA) is 53.2 Å². The molecule has 0 saturated carbocycles. The Balaban J connectivity index is 1.70. The third-order valence-corrected chi connectivity index (χ3v) is 7.91. The summed E-state index contributed by atoms with van der Waals surface area (Å²) in [5.41, 5.74) is 1.98. The number of H-pyrrole nitrogens is 1. The van der Waals surface area contributed by atoms with Crippen LogP contribution in [0.25, 0.3) is 10.9 Å². The molecule has 1 N–H and O–H groups in total. The van der Waals surface area contributed by atoms with E-state index in [1.165, 1.54) is 19.3 Å². The zero-order valence-corrected chi connectivity index (χ0v) is 17.4. The maximum absolute atomic E-state index is 13.2. The summed E-state index contributed by atoms with van der Waals surface area (Å²) < 4.78 is 26.5. The number of piperidine rings is 1. The van der Waals surface area contributed by atoms with Gasteiger partial charge in [-0.1, -0.05) is 36.8 Å². The summed E-state index contributed by atoms with van der Waals surface area (Å²) in [6, 6.07) is 15.9. The van der Waals surface area contributed by atoms with Gasteiger partial charge >= 0.3 is 0 Å². The molecule has 0 aliphatic carbocycles.